The van der Waals surface area contributed by atoms with Crippen molar-refractivity contribution in [1.29, 1.82) is 0 Å². The zero-order valence-corrected chi connectivity index (χ0v) is 13.3. The van der Waals surface area contributed by atoms with Crippen molar-refractivity contribution in [2.75, 3.05) is 0 Å². The summed E-state index contributed by atoms with van der Waals surface area (Å²) in [6.45, 7) is 4.58. The summed E-state index contributed by atoms with van der Waals surface area (Å²) in [7, 11) is 0. The summed E-state index contributed by atoms with van der Waals surface area (Å²) in [5.41, 5.74) is 0.835. The highest BCUT2D eigenvalue weighted by Gasteiger charge is 2.54. The number of carbonyl (C=O) groups excluding carboxylic acids is 2. The number of ether oxygens (including phenoxy) is 3. The molecule has 1 unspecified atom stereocenters. The van der Waals surface area contributed by atoms with Crippen molar-refractivity contribution in [3.8, 4) is 0 Å². The van der Waals surface area contributed by atoms with Gasteiger partial charge in [0.2, 0.25) is 5.79 Å². The molecule has 5 heteroatoms. The third-order valence-corrected chi connectivity index (χ3v) is 3.67. The first-order chi connectivity index (χ1) is 10.8. The van der Waals surface area contributed by atoms with Crippen LogP contribution in [0.15, 0.2) is 42.5 Å². The molecule has 0 amide bonds. The fraction of sp³-hybridized carbons (Fsp3) is 0.333. The van der Waals surface area contributed by atoms with E-state index < -0.39 is 23.5 Å². The third kappa shape index (κ3) is 3.05. The van der Waals surface area contributed by atoms with E-state index in [9.17, 15) is 9.59 Å². The molecule has 23 heavy (non-hydrogen) atoms. The lowest BCUT2D eigenvalue weighted by Crippen LogP contribution is -2.39. The van der Waals surface area contributed by atoms with E-state index in [-0.39, 0.29) is 6.42 Å². The summed E-state index contributed by atoms with van der Waals surface area (Å²) in [4.78, 5) is 24.2. The van der Waals surface area contributed by atoms with Crippen LogP contribution in [0.5, 0.6) is 0 Å². The molecule has 1 aliphatic rings. The second kappa shape index (κ2) is 5.35. The Morgan fingerprint density at radius 3 is 2.48 bits per heavy atom. The molecular formula is C18H18O5. The van der Waals surface area contributed by atoms with E-state index in [1.54, 1.807) is 13.8 Å². The minimum absolute atomic E-state index is 0.0496. The molecule has 5 nitrogen and oxygen atoms in total. The average molecular weight is 314 g/mol. The molecular weight excluding hydrogens is 296 g/mol. The first-order valence-electron chi connectivity index (χ1n) is 7.41. The topological polar surface area (TPSA) is 61.8 Å². The van der Waals surface area contributed by atoms with E-state index in [1.165, 1.54) is 6.92 Å². The van der Waals surface area contributed by atoms with Crippen molar-refractivity contribution in [2.45, 2.75) is 38.8 Å². The van der Waals surface area contributed by atoms with Crippen molar-refractivity contribution in [1.82, 2.24) is 0 Å². The minimum Gasteiger partial charge on any atom is -0.429 e. The van der Waals surface area contributed by atoms with Crippen molar-refractivity contribution in [3.63, 3.8) is 0 Å². The SMILES string of the molecule is CC1(C)OC(=O)C(C)(OC(=O)Cc2cccc3ccccc23)O1. The summed E-state index contributed by atoms with van der Waals surface area (Å²) < 4.78 is 15.7. The lowest BCUT2D eigenvalue weighted by molar-refractivity contribution is -0.238. The minimum atomic E-state index is -1.70. The maximum Gasteiger partial charge on any atom is 0.382 e. The molecule has 1 saturated heterocycles. The Morgan fingerprint density at radius 2 is 1.78 bits per heavy atom. The quantitative estimate of drug-likeness (QED) is 0.815. The molecule has 0 aliphatic carbocycles. The van der Waals surface area contributed by atoms with E-state index in [0.29, 0.717) is 0 Å². The molecule has 2 aromatic carbocycles. The number of hydrogen-bond donors (Lipinski definition) is 0. The van der Waals surface area contributed by atoms with E-state index in [4.69, 9.17) is 14.2 Å². The standard InChI is InChI=1S/C18H18O5/c1-17(2)22-16(20)18(3,23-17)21-15(19)11-13-9-6-8-12-7-4-5-10-14(12)13/h4-10H,11H2,1-3H3. The molecule has 0 bridgehead atoms. The maximum atomic E-state index is 12.3. The molecule has 3 rings (SSSR count). The van der Waals surface area contributed by atoms with Gasteiger partial charge in [0.05, 0.1) is 6.42 Å². The Bertz CT molecular complexity index is 775. The number of benzene rings is 2. The van der Waals surface area contributed by atoms with Gasteiger partial charge in [0.25, 0.3) is 0 Å². The molecule has 1 aliphatic heterocycles. The molecule has 0 saturated carbocycles. The highest BCUT2D eigenvalue weighted by molar-refractivity contribution is 5.90. The van der Waals surface area contributed by atoms with Crippen LogP contribution in [0.3, 0.4) is 0 Å². The van der Waals surface area contributed by atoms with E-state index >= 15 is 0 Å². The van der Waals surface area contributed by atoms with Crippen molar-refractivity contribution < 1.29 is 23.8 Å². The highest BCUT2D eigenvalue weighted by Crippen LogP contribution is 2.33. The summed E-state index contributed by atoms with van der Waals surface area (Å²) in [6.07, 6.45) is 0.0496. The molecule has 0 N–H and O–H groups in total. The van der Waals surface area contributed by atoms with E-state index in [1.807, 2.05) is 42.5 Å². The van der Waals surface area contributed by atoms with Gasteiger partial charge in [-0.3, -0.25) is 9.53 Å². The largest absolute Gasteiger partial charge is 0.429 e. The van der Waals surface area contributed by atoms with Gasteiger partial charge in [-0.2, -0.15) is 0 Å². The average Bonchev–Trinajstić information content (AvgIpc) is 2.66. The Balaban J connectivity index is 1.78. The number of hydrogen-bond acceptors (Lipinski definition) is 5. The summed E-state index contributed by atoms with van der Waals surface area (Å²) in [5.74, 6) is -4.05. The predicted molar refractivity (Wildman–Crippen MR) is 83.4 cm³/mol. The van der Waals surface area contributed by atoms with Crippen LogP contribution in [0.25, 0.3) is 10.8 Å². The van der Waals surface area contributed by atoms with E-state index in [2.05, 4.69) is 0 Å². The first-order valence-corrected chi connectivity index (χ1v) is 7.41. The summed E-state index contributed by atoms with van der Waals surface area (Å²) in [6, 6.07) is 13.5. The fourth-order valence-corrected chi connectivity index (χ4v) is 2.77. The number of esters is 2. The first kappa shape index (κ1) is 15.5. The van der Waals surface area contributed by atoms with Gasteiger partial charge in [-0.15, -0.1) is 0 Å². The molecule has 120 valence electrons. The lowest BCUT2D eigenvalue weighted by atomic mass is 10.0. The zero-order valence-electron chi connectivity index (χ0n) is 13.3. The van der Waals surface area contributed by atoms with Crippen molar-refractivity contribution in [3.05, 3.63) is 48.0 Å². The molecule has 1 heterocycles. The van der Waals surface area contributed by atoms with Gasteiger partial charge in [0.1, 0.15) is 0 Å². The van der Waals surface area contributed by atoms with Crippen LogP contribution in [-0.2, 0) is 30.2 Å². The van der Waals surface area contributed by atoms with Gasteiger partial charge in [-0.1, -0.05) is 42.5 Å². The van der Waals surface area contributed by atoms with E-state index in [0.717, 1.165) is 16.3 Å². The van der Waals surface area contributed by atoms with Gasteiger partial charge in [0.15, 0.2) is 0 Å². The fourth-order valence-electron chi connectivity index (χ4n) is 2.77. The number of carbonyl (C=O) groups is 2. The van der Waals surface area contributed by atoms with Gasteiger partial charge in [-0.05, 0) is 16.3 Å². The second-order valence-corrected chi connectivity index (χ2v) is 6.13. The number of fused-ring (bicyclic) bond motifs is 1. The summed E-state index contributed by atoms with van der Waals surface area (Å²) in [5, 5.41) is 2.02. The van der Waals surface area contributed by atoms with Gasteiger partial charge in [-0.25, -0.2) is 4.79 Å². The normalized spacial score (nSPS) is 22.8. The number of rotatable bonds is 3. The molecule has 0 radical (unpaired) electrons. The van der Waals surface area contributed by atoms with Gasteiger partial charge in [0, 0.05) is 20.8 Å². The van der Waals surface area contributed by atoms with Crippen LogP contribution in [0.2, 0.25) is 0 Å². The van der Waals surface area contributed by atoms with Crippen LogP contribution in [0.4, 0.5) is 0 Å². The second-order valence-electron chi connectivity index (χ2n) is 6.13. The zero-order chi connectivity index (χ0) is 16.7. The number of cyclic esters (lactones) is 1. The van der Waals surface area contributed by atoms with Crippen LogP contribution in [0.1, 0.15) is 26.3 Å². The molecule has 1 fully saturated rings. The maximum absolute atomic E-state index is 12.3. The molecule has 0 aromatic heterocycles. The Kier molecular flexibility index (Phi) is 3.60. The smallest absolute Gasteiger partial charge is 0.382 e. The highest BCUT2D eigenvalue weighted by atomic mass is 16.9. The van der Waals surface area contributed by atoms with Gasteiger partial charge >= 0.3 is 17.7 Å². The van der Waals surface area contributed by atoms with Crippen LogP contribution >= 0.6 is 0 Å². The van der Waals surface area contributed by atoms with Crippen molar-refractivity contribution >= 4 is 22.7 Å². The lowest BCUT2D eigenvalue weighted by Gasteiger charge is -2.22. The molecule has 2 aromatic rings. The predicted octanol–water partition coefficient (Wildman–Crippen LogP) is 2.95. The van der Waals surface area contributed by atoms with Crippen LogP contribution in [0, 0.1) is 0 Å². The summed E-state index contributed by atoms with van der Waals surface area (Å²) >= 11 is 0. The Morgan fingerprint density at radius 1 is 1.09 bits per heavy atom. The Labute approximate surface area is 134 Å². The monoisotopic (exact) mass is 314 g/mol. The van der Waals surface area contributed by atoms with Crippen molar-refractivity contribution in [2.24, 2.45) is 0 Å². The van der Waals surface area contributed by atoms with Crippen LogP contribution in [-0.4, -0.2) is 23.5 Å². The van der Waals surface area contributed by atoms with Gasteiger partial charge < -0.3 is 9.47 Å². The molecule has 0 spiro atoms. The molecule has 1 atom stereocenters. The third-order valence-electron chi connectivity index (χ3n) is 3.67. The Hall–Kier alpha value is -2.40. The van der Waals surface area contributed by atoms with Crippen LogP contribution < -0.4 is 0 Å².